The molecule has 0 aliphatic carbocycles. The Morgan fingerprint density at radius 1 is 1.20 bits per heavy atom. The summed E-state index contributed by atoms with van der Waals surface area (Å²) in [4.78, 5) is 9.44. The van der Waals surface area contributed by atoms with E-state index in [9.17, 15) is 0 Å². The molecule has 4 heterocycles. The normalized spacial score (nSPS) is 22.5. The zero-order valence-corrected chi connectivity index (χ0v) is 19.1. The van der Waals surface area contributed by atoms with Crippen molar-refractivity contribution in [2.45, 2.75) is 45.8 Å². The maximum Gasteiger partial charge on any atom is 0.170 e. The van der Waals surface area contributed by atoms with Gasteiger partial charge in [0.1, 0.15) is 0 Å². The van der Waals surface area contributed by atoms with Crippen molar-refractivity contribution in [1.29, 1.82) is 0 Å². The third-order valence-corrected chi connectivity index (χ3v) is 6.78. The van der Waals surface area contributed by atoms with Gasteiger partial charge in [0.15, 0.2) is 5.11 Å². The second-order valence-corrected chi connectivity index (χ2v) is 8.58. The Bertz CT molecular complexity index is 862. The lowest BCUT2D eigenvalue weighted by molar-refractivity contribution is 0.0369. The molecule has 7 heteroatoms. The summed E-state index contributed by atoms with van der Waals surface area (Å²) in [5, 5.41) is 4.34. The fraction of sp³-hybridized carbons (Fsp3) is 0.565. The van der Waals surface area contributed by atoms with Crippen molar-refractivity contribution < 1.29 is 4.74 Å². The topological polar surface area (TPSA) is 45.6 Å². The number of hydrogen-bond acceptors (Lipinski definition) is 4. The van der Waals surface area contributed by atoms with Crippen molar-refractivity contribution in [1.82, 2.24) is 24.7 Å². The van der Waals surface area contributed by atoms with Crippen LogP contribution >= 0.6 is 12.2 Å². The molecule has 2 aromatic heterocycles. The van der Waals surface area contributed by atoms with E-state index < -0.39 is 0 Å². The van der Waals surface area contributed by atoms with Gasteiger partial charge in [0.05, 0.1) is 31.0 Å². The number of pyridine rings is 1. The van der Waals surface area contributed by atoms with E-state index in [4.69, 9.17) is 17.0 Å². The Kier molecular flexibility index (Phi) is 6.71. The number of hydrogen-bond donors (Lipinski definition) is 1. The van der Waals surface area contributed by atoms with E-state index in [0.29, 0.717) is 0 Å². The van der Waals surface area contributed by atoms with Crippen LogP contribution < -0.4 is 5.32 Å². The van der Waals surface area contributed by atoms with Crippen LogP contribution in [0.5, 0.6) is 0 Å². The first-order valence-corrected chi connectivity index (χ1v) is 11.5. The Balaban J connectivity index is 1.55. The Hall–Kier alpha value is -1.96. The summed E-state index contributed by atoms with van der Waals surface area (Å²) in [5.41, 5.74) is 5.05. The van der Waals surface area contributed by atoms with Crippen LogP contribution in [0.4, 0.5) is 0 Å². The minimum atomic E-state index is 0.0703. The third kappa shape index (κ3) is 4.24. The zero-order chi connectivity index (χ0) is 21.1. The summed E-state index contributed by atoms with van der Waals surface area (Å²) < 4.78 is 7.94. The molecule has 0 saturated carbocycles. The summed E-state index contributed by atoms with van der Waals surface area (Å²) in [6.07, 6.45) is 3.01. The number of morpholine rings is 1. The molecule has 2 fully saturated rings. The molecule has 0 spiro atoms. The van der Waals surface area contributed by atoms with Crippen LogP contribution in [-0.2, 0) is 11.3 Å². The van der Waals surface area contributed by atoms with E-state index in [1.54, 1.807) is 0 Å². The fourth-order valence-electron chi connectivity index (χ4n) is 4.83. The average molecular weight is 428 g/mol. The summed E-state index contributed by atoms with van der Waals surface area (Å²) >= 11 is 5.68. The molecule has 0 bridgehead atoms. The van der Waals surface area contributed by atoms with E-state index in [1.165, 1.54) is 17.0 Å². The molecule has 0 aromatic carbocycles. The third-order valence-electron chi connectivity index (χ3n) is 6.43. The molecule has 1 N–H and O–H groups in total. The number of ether oxygens (including phenoxy) is 1. The lowest BCUT2D eigenvalue weighted by Crippen LogP contribution is -2.37. The van der Waals surface area contributed by atoms with Crippen LogP contribution in [0, 0.1) is 13.8 Å². The van der Waals surface area contributed by atoms with Crippen LogP contribution in [0.2, 0.25) is 0 Å². The van der Waals surface area contributed by atoms with Gasteiger partial charge in [0.25, 0.3) is 0 Å². The van der Waals surface area contributed by atoms with Crippen molar-refractivity contribution >= 4 is 17.3 Å². The second-order valence-electron chi connectivity index (χ2n) is 8.20. The largest absolute Gasteiger partial charge is 0.379 e. The van der Waals surface area contributed by atoms with Gasteiger partial charge in [0, 0.05) is 50.3 Å². The Morgan fingerprint density at radius 2 is 2.00 bits per heavy atom. The van der Waals surface area contributed by atoms with Crippen LogP contribution in [-0.4, -0.2) is 63.9 Å². The number of aryl methyl sites for hydroxylation is 1. The van der Waals surface area contributed by atoms with Gasteiger partial charge in [0.2, 0.25) is 0 Å². The predicted octanol–water partition coefficient (Wildman–Crippen LogP) is 3.21. The van der Waals surface area contributed by atoms with E-state index in [0.717, 1.165) is 63.2 Å². The van der Waals surface area contributed by atoms with E-state index in [1.807, 2.05) is 18.3 Å². The Morgan fingerprint density at radius 3 is 2.70 bits per heavy atom. The van der Waals surface area contributed by atoms with Crippen LogP contribution in [0.3, 0.4) is 0 Å². The molecule has 2 aliphatic heterocycles. The van der Waals surface area contributed by atoms with Gasteiger partial charge in [-0.05, 0) is 63.2 Å². The second kappa shape index (κ2) is 9.45. The maximum atomic E-state index is 5.68. The molecule has 4 rings (SSSR count). The Labute approximate surface area is 185 Å². The van der Waals surface area contributed by atoms with Gasteiger partial charge in [-0.15, -0.1) is 0 Å². The number of aromatic nitrogens is 2. The summed E-state index contributed by atoms with van der Waals surface area (Å²) in [5.74, 6) is 0. The smallest absolute Gasteiger partial charge is 0.170 e. The molecule has 0 radical (unpaired) electrons. The molecule has 30 heavy (non-hydrogen) atoms. The highest BCUT2D eigenvalue weighted by molar-refractivity contribution is 7.80. The van der Waals surface area contributed by atoms with Gasteiger partial charge < -0.3 is 19.5 Å². The molecule has 2 saturated heterocycles. The number of nitrogens with one attached hydrogen (secondary N) is 1. The molecule has 2 aliphatic rings. The fourth-order valence-corrected chi connectivity index (χ4v) is 5.20. The first-order chi connectivity index (χ1) is 14.6. The minimum Gasteiger partial charge on any atom is -0.379 e. The van der Waals surface area contributed by atoms with Gasteiger partial charge in [-0.2, -0.15) is 0 Å². The van der Waals surface area contributed by atoms with Crippen molar-refractivity contribution in [3.8, 4) is 0 Å². The molecule has 2 unspecified atom stereocenters. The monoisotopic (exact) mass is 427 g/mol. The quantitative estimate of drug-likeness (QED) is 0.685. The molecule has 162 valence electrons. The van der Waals surface area contributed by atoms with Gasteiger partial charge in [-0.3, -0.25) is 9.88 Å². The van der Waals surface area contributed by atoms with E-state index in [2.05, 4.69) is 57.6 Å². The first kappa shape index (κ1) is 21.3. The van der Waals surface area contributed by atoms with Crippen LogP contribution in [0.15, 0.2) is 30.5 Å². The van der Waals surface area contributed by atoms with E-state index in [-0.39, 0.29) is 12.1 Å². The van der Waals surface area contributed by atoms with Crippen LogP contribution in [0.25, 0.3) is 0 Å². The highest BCUT2D eigenvalue weighted by Gasteiger charge is 2.40. The zero-order valence-electron chi connectivity index (χ0n) is 18.3. The lowest BCUT2D eigenvalue weighted by atomic mass is 9.97. The van der Waals surface area contributed by atoms with Crippen molar-refractivity contribution in [2.75, 3.05) is 39.4 Å². The first-order valence-electron chi connectivity index (χ1n) is 11.0. The SMILES string of the molecule is CCN1C(=S)NC(c2ccccn2)C1c1cc(C)n(CCCN2CCOCC2)c1C. The molecular formula is C23H33N5OS. The number of thiocarbonyl (C=S) groups is 1. The van der Waals surface area contributed by atoms with Gasteiger partial charge >= 0.3 is 0 Å². The molecular weight excluding hydrogens is 394 g/mol. The summed E-state index contributed by atoms with van der Waals surface area (Å²) in [6.45, 7) is 13.5. The minimum absolute atomic E-state index is 0.0703. The van der Waals surface area contributed by atoms with Gasteiger partial charge in [-0.1, -0.05) is 6.07 Å². The maximum absolute atomic E-state index is 5.68. The lowest BCUT2D eigenvalue weighted by Gasteiger charge is -2.27. The standard InChI is InChI=1S/C23H33N5OS/c1-4-27-22(21(25-23(27)30)20-8-5-6-9-24-20)19-16-17(2)28(18(19)3)11-7-10-26-12-14-29-15-13-26/h5-6,8-9,16,21-22H,4,7,10-15H2,1-3H3,(H,25,30). The van der Waals surface area contributed by atoms with Crippen LogP contribution in [0.1, 0.15) is 48.1 Å². The predicted molar refractivity (Wildman–Crippen MR) is 124 cm³/mol. The molecule has 0 amide bonds. The molecule has 2 atom stereocenters. The molecule has 2 aromatic rings. The van der Waals surface area contributed by atoms with Gasteiger partial charge in [-0.25, -0.2) is 0 Å². The van der Waals surface area contributed by atoms with Crippen molar-refractivity contribution in [2.24, 2.45) is 0 Å². The molecule has 6 nitrogen and oxygen atoms in total. The van der Waals surface area contributed by atoms with Crippen molar-refractivity contribution in [3.05, 3.63) is 53.1 Å². The van der Waals surface area contributed by atoms with E-state index >= 15 is 0 Å². The highest BCUT2D eigenvalue weighted by atomic mass is 32.1. The number of rotatable bonds is 7. The van der Waals surface area contributed by atoms with Crippen molar-refractivity contribution in [3.63, 3.8) is 0 Å². The summed E-state index contributed by atoms with van der Waals surface area (Å²) in [6, 6.07) is 8.69. The number of nitrogens with zero attached hydrogens (tertiary/aromatic N) is 4. The highest BCUT2D eigenvalue weighted by Crippen LogP contribution is 2.40. The summed E-state index contributed by atoms with van der Waals surface area (Å²) in [7, 11) is 0. The number of likely N-dealkylation sites (N-methyl/N-ethyl adjacent to an activating group) is 1. The average Bonchev–Trinajstić information content (AvgIpc) is 3.25.